The highest BCUT2D eigenvalue weighted by Crippen LogP contribution is 2.68. The summed E-state index contributed by atoms with van der Waals surface area (Å²) in [7, 11) is 3.94. The molecule has 2 N–H and O–H groups in total. The minimum atomic E-state index is -0.674. The van der Waals surface area contributed by atoms with E-state index >= 15 is 0 Å². The zero-order valence-corrected chi connectivity index (χ0v) is 36.4. The Morgan fingerprint density at radius 2 is 1.39 bits per heavy atom. The lowest BCUT2D eigenvalue weighted by Crippen LogP contribution is -2.59. The minimum Gasteiger partial charge on any atom is -0.469 e. The molecule has 4 aliphatic carbocycles. The summed E-state index contributed by atoms with van der Waals surface area (Å²) in [5.41, 5.74) is -0.0721. The third-order valence-corrected chi connectivity index (χ3v) is 15.5. The van der Waals surface area contributed by atoms with Crippen LogP contribution in [0.2, 0.25) is 0 Å². The van der Waals surface area contributed by atoms with Gasteiger partial charge in [0, 0.05) is 45.1 Å². The largest absolute Gasteiger partial charge is 0.469 e. The van der Waals surface area contributed by atoms with Gasteiger partial charge in [0.05, 0.1) is 59.7 Å². The van der Waals surface area contributed by atoms with E-state index in [0.717, 1.165) is 64.1 Å². The highest BCUT2D eigenvalue weighted by atomic mass is 16.5. The van der Waals surface area contributed by atoms with Gasteiger partial charge in [-0.15, -0.1) is 0 Å². The molecule has 4 saturated carbocycles. The van der Waals surface area contributed by atoms with E-state index in [1.165, 1.54) is 21.3 Å². The molecule has 59 heavy (non-hydrogen) atoms. The first-order chi connectivity index (χ1) is 28.2. The van der Waals surface area contributed by atoms with Gasteiger partial charge in [-0.1, -0.05) is 20.8 Å². The second kappa shape index (κ2) is 22.5. The summed E-state index contributed by atoms with van der Waals surface area (Å²) < 4.78 is 14.5. The van der Waals surface area contributed by atoms with E-state index in [0.29, 0.717) is 67.6 Å². The molecule has 0 aromatic rings. The van der Waals surface area contributed by atoms with E-state index in [9.17, 15) is 38.7 Å². The number of carbonyl (C=O) groups is 7. The molecular weight excluding hydrogens is 761 g/mol. The number of nitrogens with one attached hydrogen (secondary N) is 1. The maximum atomic E-state index is 13.5. The van der Waals surface area contributed by atoms with Crippen LogP contribution in [0.25, 0.3) is 0 Å². The monoisotopic (exact) mass is 833 g/mol. The number of esters is 3. The quantitative estimate of drug-likeness (QED) is 0.0821. The van der Waals surface area contributed by atoms with Gasteiger partial charge in [0.15, 0.2) is 0 Å². The van der Waals surface area contributed by atoms with Gasteiger partial charge in [0.2, 0.25) is 5.91 Å². The number of ether oxygens (including phenoxy) is 3. The summed E-state index contributed by atoms with van der Waals surface area (Å²) in [5, 5.41) is 15.3. The van der Waals surface area contributed by atoms with Gasteiger partial charge in [-0.25, -0.2) is 0 Å². The average Bonchev–Trinajstić information content (AvgIpc) is 3.59. The Morgan fingerprint density at radius 1 is 0.763 bits per heavy atom. The molecule has 0 aromatic carbocycles. The molecule has 15 nitrogen and oxygen atoms in total. The van der Waals surface area contributed by atoms with Crippen molar-refractivity contribution in [1.29, 1.82) is 0 Å². The molecule has 1 amide bonds. The fourth-order valence-corrected chi connectivity index (χ4v) is 12.0. The van der Waals surface area contributed by atoms with Crippen molar-refractivity contribution in [2.45, 2.75) is 116 Å². The van der Waals surface area contributed by atoms with Gasteiger partial charge in [-0.2, -0.15) is 0 Å². The van der Waals surface area contributed by atoms with E-state index in [-0.39, 0.29) is 87.0 Å². The Kier molecular flexibility index (Phi) is 18.5. The van der Waals surface area contributed by atoms with Crippen LogP contribution in [0, 0.1) is 46.3 Å². The zero-order valence-electron chi connectivity index (χ0n) is 36.4. The molecule has 0 aliphatic heterocycles. The molecule has 0 saturated heterocycles. The summed E-state index contributed by atoms with van der Waals surface area (Å²) in [6.07, 6.45) is 11.3. The van der Waals surface area contributed by atoms with Gasteiger partial charge in [-0.3, -0.25) is 33.9 Å². The van der Waals surface area contributed by atoms with Crippen LogP contribution < -0.4 is 5.32 Å². The van der Waals surface area contributed by atoms with Crippen LogP contribution in [0.3, 0.4) is 0 Å². The first-order valence-electron chi connectivity index (χ1n) is 21.9. The van der Waals surface area contributed by atoms with Crippen molar-refractivity contribution in [2.75, 3.05) is 73.7 Å². The van der Waals surface area contributed by atoms with Gasteiger partial charge < -0.3 is 39.0 Å². The maximum Gasteiger partial charge on any atom is 0.319 e. The fourth-order valence-electron chi connectivity index (χ4n) is 12.0. The SMILES string of the molecule is COC(=O)CCC(C)[C@H]1CCC2C3CC[C@@H]4C[C@@H](NC(=O)CC[C@@H](C=O)N(CCN(CC=O)CC=O)CCN(CC(=O)OC)CC(=O)OC)CC[C@]4(C)C3C[C@H](O)[C@@]21C. The Labute approximate surface area is 351 Å². The van der Waals surface area contributed by atoms with E-state index in [2.05, 4.69) is 26.1 Å². The maximum absolute atomic E-state index is 13.5. The molecule has 4 aliphatic rings. The number of nitrogens with zero attached hydrogens (tertiary/aromatic N) is 3. The van der Waals surface area contributed by atoms with Crippen LogP contribution >= 0.6 is 0 Å². The minimum absolute atomic E-state index is 0.0265. The van der Waals surface area contributed by atoms with Gasteiger partial charge in [0.1, 0.15) is 18.9 Å². The number of rotatable bonds is 24. The van der Waals surface area contributed by atoms with Gasteiger partial charge >= 0.3 is 17.9 Å². The molecule has 0 radical (unpaired) electrons. The van der Waals surface area contributed by atoms with Gasteiger partial charge in [-0.05, 0) is 111 Å². The van der Waals surface area contributed by atoms with Crippen molar-refractivity contribution >= 4 is 42.7 Å². The molecule has 334 valence electrons. The van der Waals surface area contributed by atoms with Crippen molar-refractivity contribution in [3.8, 4) is 0 Å². The third-order valence-electron chi connectivity index (χ3n) is 15.5. The normalized spacial score (nSPS) is 31.0. The number of fused-ring (bicyclic) bond motifs is 5. The second-order valence-electron chi connectivity index (χ2n) is 18.3. The first kappa shape index (κ1) is 48.4. The predicted molar refractivity (Wildman–Crippen MR) is 219 cm³/mol. The number of hydrogen-bond donors (Lipinski definition) is 2. The van der Waals surface area contributed by atoms with Crippen LogP contribution in [0.5, 0.6) is 0 Å². The third kappa shape index (κ3) is 12.0. The molecule has 15 heteroatoms. The van der Waals surface area contributed by atoms with Crippen molar-refractivity contribution in [3.63, 3.8) is 0 Å². The van der Waals surface area contributed by atoms with Gasteiger partial charge in [0.25, 0.3) is 0 Å². The number of carbonyl (C=O) groups excluding carboxylic acids is 7. The van der Waals surface area contributed by atoms with Crippen molar-refractivity contribution < 1.29 is 52.9 Å². The van der Waals surface area contributed by atoms with Crippen molar-refractivity contribution in [2.24, 2.45) is 46.3 Å². The molecule has 4 unspecified atom stereocenters. The van der Waals surface area contributed by atoms with Crippen LogP contribution in [0.15, 0.2) is 0 Å². The number of amides is 1. The zero-order chi connectivity index (χ0) is 43.3. The molecule has 11 atom stereocenters. The number of hydrogen-bond acceptors (Lipinski definition) is 14. The smallest absolute Gasteiger partial charge is 0.319 e. The Bertz CT molecular complexity index is 1420. The van der Waals surface area contributed by atoms with E-state index in [1.807, 2.05) is 4.90 Å². The van der Waals surface area contributed by atoms with Crippen LogP contribution in [0.1, 0.15) is 97.8 Å². The lowest BCUT2D eigenvalue weighted by molar-refractivity contribution is -0.170. The first-order valence-corrected chi connectivity index (χ1v) is 21.9. The van der Waals surface area contributed by atoms with Crippen molar-refractivity contribution in [1.82, 2.24) is 20.0 Å². The van der Waals surface area contributed by atoms with E-state index in [1.54, 1.807) is 9.80 Å². The molecule has 4 fully saturated rings. The Hall–Kier alpha value is -3.27. The highest BCUT2D eigenvalue weighted by molar-refractivity contribution is 5.77. The average molecular weight is 833 g/mol. The molecule has 0 aromatic heterocycles. The number of methoxy groups -OCH3 is 3. The molecule has 4 rings (SSSR count). The van der Waals surface area contributed by atoms with E-state index in [4.69, 9.17) is 14.2 Å². The Morgan fingerprint density at radius 3 is 1.98 bits per heavy atom. The summed E-state index contributed by atoms with van der Waals surface area (Å²) in [5.74, 6) is 1.23. The predicted octanol–water partition coefficient (Wildman–Crippen LogP) is 2.69. The molecular formula is C44H72N4O11. The van der Waals surface area contributed by atoms with Crippen LogP contribution in [-0.4, -0.2) is 154 Å². The topological polar surface area (TPSA) is 189 Å². The summed E-state index contributed by atoms with van der Waals surface area (Å²) in [6, 6.07) is -0.647. The highest BCUT2D eigenvalue weighted by Gasteiger charge is 2.63. The molecule has 0 bridgehead atoms. The lowest BCUT2D eigenvalue weighted by Gasteiger charge is -2.62. The summed E-state index contributed by atoms with van der Waals surface area (Å²) in [4.78, 5) is 89.8. The van der Waals surface area contributed by atoms with Crippen LogP contribution in [-0.2, 0) is 47.8 Å². The summed E-state index contributed by atoms with van der Waals surface area (Å²) >= 11 is 0. The fraction of sp³-hybridized carbons (Fsp3) is 0.841. The number of aldehydes is 3. The summed E-state index contributed by atoms with van der Waals surface area (Å²) in [6.45, 7) is 7.80. The number of aliphatic hydroxyl groups excluding tert-OH is 1. The Balaban J connectivity index is 1.36. The molecule has 0 heterocycles. The van der Waals surface area contributed by atoms with Crippen molar-refractivity contribution in [3.05, 3.63) is 0 Å². The lowest BCUT2D eigenvalue weighted by atomic mass is 9.43. The standard InChI is InChI=1S/C44H72N4O11/c1-30(7-14-40(54)57-4)35-11-12-36-34-10-8-31-25-32(15-16-43(31,2)37(34)26-38(52)44(35,36)3)45-39(53)13-9-33(29-51)48(19-17-46(21-23-49)22-24-50)20-18-47(27-41(55)58-5)28-42(56)59-6/h23-24,29-38,52H,7-22,25-28H2,1-6H3,(H,45,53)/t30?,31-,32+,33+,34?,35-,36?,37?,38+,43+,44-/m1/s1. The number of aliphatic hydroxyl groups is 1. The van der Waals surface area contributed by atoms with Crippen LogP contribution in [0.4, 0.5) is 0 Å². The second-order valence-corrected chi connectivity index (χ2v) is 18.3. The molecule has 0 spiro atoms. The van der Waals surface area contributed by atoms with E-state index < -0.39 is 18.0 Å².